The van der Waals surface area contributed by atoms with Gasteiger partial charge in [-0.2, -0.15) is 0 Å². The lowest BCUT2D eigenvalue weighted by Crippen LogP contribution is -2.30. The van der Waals surface area contributed by atoms with Gasteiger partial charge in [-0.15, -0.1) is 36.5 Å². The standard InChI is InChI=1S/C22H26F3N5O2.C21H24F3N5O2/c1-29-11-8-15(9-12-29)7-10-26-20-5-6-21-27-14-18(30(21)28-20)17-13-16(32-22(23,24)25)3-4-19(17)31-2;1-28-10-7-14(8-11-28)6-9-25-19-4-5-20-26-13-17(29(20)27-19)16-12-15(2-3-18(16)30)31-21(22,23)24/h3-6,13-15H,7-12H2,1-2H3,(H,26,28);2-5,12-14,30H,6-11H2,1H3,(H,25,27). The minimum atomic E-state index is -4.82. The van der Waals surface area contributed by atoms with Crippen molar-refractivity contribution in [2.45, 2.75) is 51.2 Å². The SMILES string of the molecule is CN1CCC(CCNc2ccc3ncc(-c4cc(OC(F)(F)F)ccc4O)n3n2)CC1.COc1ccc(OC(F)(F)F)cc1-c1cnc2ccc(NCCC3CCN(C)CC3)nn12. The van der Waals surface area contributed by atoms with Crippen molar-refractivity contribution in [2.75, 3.05) is 71.1 Å². The van der Waals surface area contributed by atoms with E-state index >= 15 is 0 Å². The molecule has 0 radical (unpaired) electrons. The van der Waals surface area contributed by atoms with Crippen molar-refractivity contribution in [1.82, 2.24) is 39.0 Å². The molecule has 0 amide bonds. The number of aromatic hydroxyl groups is 1. The van der Waals surface area contributed by atoms with Crippen LogP contribution in [-0.2, 0) is 0 Å². The van der Waals surface area contributed by atoms with E-state index in [0.29, 0.717) is 57.5 Å². The molecule has 6 aromatic rings. The summed E-state index contributed by atoms with van der Waals surface area (Å²) in [7, 11) is 5.74. The van der Waals surface area contributed by atoms with E-state index < -0.39 is 18.5 Å². The van der Waals surface area contributed by atoms with E-state index in [9.17, 15) is 31.4 Å². The molecule has 2 aliphatic rings. The number of fused-ring (bicyclic) bond motifs is 2. The summed E-state index contributed by atoms with van der Waals surface area (Å²) in [4.78, 5) is 13.2. The molecular weight excluding hydrogens is 835 g/mol. The van der Waals surface area contributed by atoms with Gasteiger partial charge in [0, 0.05) is 24.2 Å². The summed E-state index contributed by atoms with van der Waals surface area (Å²) < 4.78 is 92.2. The number of imidazole rings is 2. The lowest BCUT2D eigenvalue weighted by atomic mass is 9.94. The number of ether oxygens (including phenoxy) is 3. The largest absolute Gasteiger partial charge is 0.573 e. The molecule has 0 saturated carbocycles. The number of aromatic nitrogens is 6. The highest BCUT2D eigenvalue weighted by molar-refractivity contribution is 5.72. The van der Waals surface area contributed by atoms with Crippen LogP contribution in [0.4, 0.5) is 38.0 Å². The number of phenols is 1. The van der Waals surface area contributed by atoms with Gasteiger partial charge in [0.2, 0.25) is 0 Å². The van der Waals surface area contributed by atoms with Gasteiger partial charge in [0.15, 0.2) is 11.3 Å². The van der Waals surface area contributed by atoms with Crippen LogP contribution in [0.3, 0.4) is 0 Å². The average molecular weight is 885 g/mol. The molecule has 338 valence electrons. The van der Waals surface area contributed by atoms with Crippen LogP contribution < -0.4 is 24.8 Å². The first kappa shape index (κ1) is 45.0. The fourth-order valence-electron chi connectivity index (χ4n) is 7.81. The lowest BCUT2D eigenvalue weighted by molar-refractivity contribution is -0.275. The number of methoxy groups -OCH3 is 1. The number of alkyl halides is 6. The van der Waals surface area contributed by atoms with Gasteiger partial charge in [0.05, 0.1) is 30.9 Å². The fraction of sp³-hybridized carbons (Fsp3) is 0.442. The van der Waals surface area contributed by atoms with E-state index in [0.717, 1.165) is 70.3 Å². The number of rotatable bonds is 13. The van der Waals surface area contributed by atoms with E-state index in [1.54, 1.807) is 16.8 Å². The zero-order valence-electron chi connectivity index (χ0n) is 35.1. The summed E-state index contributed by atoms with van der Waals surface area (Å²) in [5.74, 6) is 2.12. The Morgan fingerprint density at radius 3 is 1.54 bits per heavy atom. The van der Waals surface area contributed by atoms with E-state index in [4.69, 9.17) is 4.74 Å². The second-order valence-electron chi connectivity index (χ2n) is 15.8. The summed E-state index contributed by atoms with van der Waals surface area (Å²) in [6, 6.07) is 14.5. The third-order valence-corrected chi connectivity index (χ3v) is 11.3. The molecule has 14 nitrogen and oxygen atoms in total. The highest BCUT2D eigenvalue weighted by Gasteiger charge is 2.32. The van der Waals surface area contributed by atoms with Gasteiger partial charge in [0.25, 0.3) is 0 Å². The Kier molecular flexibility index (Phi) is 14.0. The van der Waals surface area contributed by atoms with E-state index in [-0.39, 0.29) is 17.1 Å². The Morgan fingerprint density at radius 2 is 1.08 bits per heavy atom. The molecule has 0 bridgehead atoms. The molecule has 2 aromatic carbocycles. The molecule has 8 rings (SSSR count). The second-order valence-corrected chi connectivity index (χ2v) is 15.8. The molecule has 0 spiro atoms. The number of phenolic OH excluding ortho intramolecular Hbond substituents is 1. The van der Waals surface area contributed by atoms with E-state index in [1.807, 2.05) is 18.2 Å². The predicted octanol–water partition coefficient (Wildman–Crippen LogP) is 8.59. The van der Waals surface area contributed by atoms with Crippen LogP contribution in [0.5, 0.6) is 23.0 Å². The topological polar surface area (TPSA) is 139 Å². The number of nitrogens with zero attached hydrogens (tertiary/aromatic N) is 8. The smallest absolute Gasteiger partial charge is 0.507 e. The Balaban J connectivity index is 0.000000189. The molecule has 2 aliphatic heterocycles. The minimum absolute atomic E-state index is 0.144. The van der Waals surface area contributed by atoms with Crippen LogP contribution in [0, 0.1) is 11.8 Å². The summed E-state index contributed by atoms with van der Waals surface area (Å²) in [6.07, 6.45) is 0.288. The van der Waals surface area contributed by atoms with E-state index in [1.165, 1.54) is 61.7 Å². The van der Waals surface area contributed by atoms with Gasteiger partial charge in [-0.3, -0.25) is 0 Å². The van der Waals surface area contributed by atoms with Crippen molar-refractivity contribution in [3.05, 3.63) is 73.1 Å². The Bertz CT molecular complexity index is 2440. The van der Waals surface area contributed by atoms with Crippen molar-refractivity contribution in [1.29, 1.82) is 0 Å². The molecule has 2 fully saturated rings. The van der Waals surface area contributed by atoms with Crippen LogP contribution in [0.1, 0.15) is 38.5 Å². The third-order valence-electron chi connectivity index (χ3n) is 11.3. The van der Waals surface area contributed by atoms with Crippen LogP contribution in [0.15, 0.2) is 73.1 Å². The quantitative estimate of drug-likeness (QED) is 0.0958. The second kappa shape index (κ2) is 19.6. The first-order valence-electron chi connectivity index (χ1n) is 20.7. The van der Waals surface area contributed by atoms with E-state index in [2.05, 4.69) is 64.2 Å². The minimum Gasteiger partial charge on any atom is -0.507 e. The Hall–Kier alpha value is -6.02. The normalized spacial score (nSPS) is 15.9. The molecular formula is C43H50F6N10O4. The van der Waals surface area contributed by atoms with Gasteiger partial charge in [-0.25, -0.2) is 19.0 Å². The highest BCUT2D eigenvalue weighted by atomic mass is 19.4. The molecule has 6 heterocycles. The van der Waals surface area contributed by atoms with Crippen LogP contribution in [-0.4, -0.2) is 117 Å². The van der Waals surface area contributed by atoms with Crippen LogP contribution >= 0.6 is 0 Å². The molecule has 4 aromatic heterocycles. The monoisotopic (exact) mass is 884 g/mol. The number of nitrogens with one attached hydrogen (secondary N) is 2. The number of hydrogen-bond acceptors (Lipinski definition) is 12. The highest BCUT2D eigenvalue weighted by Crippen LogP contribution is 2.37. The maximum Gasteiger partial charge on any atom is 0.573 e. The molecule has 63 heavy (non-hydrogen) atoms. The molecule has 0 aliphatic carbocycles. The van der Waals surface area contributed by atoms with Gasteiger partial charge >= 0.3 is 12.7 Å². The summed E-state index contributed by atoms with van der Waals surface area (Å²) in [5.41, 5.74) is 2.49. The van der Waals surface area contributed by atoms with Crippen molar-refractivity contribution < 1.29 is 45.7 Å². The molecule has 20 heteroatoms. The molecule has 0 atom stereocenters. The summed E-state index contributed by atoms with van der Waals surface area (Å²) in [5, 5.41) is 26.0. The molecule has 0 unspecified atom stereocenters. The van der Waals surface area contributed by atoms with Crippen molar-refractivity contribution in [2.24, 2.45) is 11.8 Å². The number of likely N-dealkylation sites (tertiary alicyclic amines) is 2. The predicted molar refractivity (Wildman–Crippen MR) is 225 cm³/mol. The molecule has 3 N–H and O–H groups in total. The maximum atomic E-state index is 12.7. The zero-order valence-corrected chi connectivity index (χ0v) is 35.1. The fourth-order valence-corrected chi connectivity index (χ4v) is 7.81. The number of benzene rings is 2. The van der Waals surface area contributed by atoms with Gasteiger partial charge in [-0.05, 0) is 151 Å². The Morgan fingerprint density at radius 1 is 0.635 bits per heavy atom. The van der Waals surface area contributed by atoms with Gasteiger partial charge in [-0.1, -0.05) is 0 Å². The van der Waals surface area contributed by atoms with Gasteiger partial charge in [0.1, 0.15) is 34.6 Å². The summed E-state index contributed by atoms with van der Waals surface area (Å²) >= 11 is 0. The molecule has 2 saturated heterocycles. The number of halogens is 6. The maximum absolute atomic E-state index is 12.7. The number of hydrogen-bond donors (Lipinski definition) is 3. The van der Waals surface area contributed by atoms with Crippen molar-refractivity contribution >= 4 is 22.9 Å². The first-order valence-corrected chi connectivity index (χ1v) is 20.7. The average Bonchev–Trinajstić information content (AvgIpc) is 3.86. The number of piperidine rings is 2. The first-order chi connectivity index (χ1) is 30.1. The van der Waals surface area contributed by atoms with Crippen LogP contribution in [0.2, 0.25) is 0 Å². The van der Waals surface area contributed by atoms with Crippen molar-refractivity contribution in [3.63, 3.8) is 0 Å². The third kappa shape index (κ3) is 12.1. The zero-order chi connectivity index (χ0) is 44.7. The number of anilines is 2. The Labute approximate surface area is 359 Å². The lowest BCUT2D eigenvalue weighted by Gasteiger charge is -2.28. The van der Waals surface area contributed by atoms with Gasteiger partial charge < -0.3 is 39.8 Å². The van der Waals surface area contributed by atoms with Crippen molar-refractivity contribution in [3.8, 4) is 45.5 Å². The summed E-state index contributed by atoms with van der Waals surface area (Å²) in [6.45, 7) is 6.08. The van der Waals surface area contributed by atoms with Crippen LogP contribution in [0.25, 0.3) is 33.8 Å².